The third-order valence-corrected chi connectivity index (χ3v) is 7.42. The first-order valence-corrected chi connectivity index (χ1v) is 13.4. The molecule has 1 unspecified atom stereocenters. The summed E-state index contributed by atoms with van der Waals surface area (Å²) in [5.74, 6) is 0.312. The normalized spacial score (nSPS) is 17.6. The van der Waals surface area contributed by atoms with Gasteiger partial charge in [-0.3, -0.25) is 9.79 Å². The predicted molar refractivity (Wildman–Crippen MR) is 150 cm³/mol. The number of tetrazole rings is 1. The number of imidazole rings is 1. The minimum Gasteiger partial charge on any atom is -0.347 e. The summed E-state index contributed by atoms with van der Waals surface area (Å²) in [7, 11) is 0. The van der Waals surface area contributed by atoms with Crippen molar-refractivity contribution in [3.8, 4) is 11.4 Å². The van der Waals surface area contributed by atoms with Gasteiger partial charge in [0.1, 0.15) is 0 Å². The first kappa shape index (κ1) is 25.4. The fourth-order valence-corrected chi connectivity index (χ4v) is 5.55. The maximum Gasteiger partial charge on any atom is 0.321 e. The summed E-state index contributed by atoms with van der Waals surface area (Å²) in [6.45, 7) is 2.28. The van der Waals surface area contributed by atoms with Crippen LogP contribution >= 0.6 is 0 Å². The van der Waals surface area contributed by atoms with Crippen LogP contribution < -0.4 is 15.5 Å². The number of rotatable bonds is 6. The molecule has 0 bridgehead atoms. The number of H-pyrrole nitrogens is 2. The molecule has 0 saturated heterocycles. The van der Waals surface area contributed by atoms with Gasteiger partial charge in [0.05, 0.1) is 30.0 Å². The number of carbonyl (C=O) groups is 2. The van der Waals surface area contributed by atoms with E-state index in [1.807, 2.05) is 31.2 Å². The summed E-state index contributed by atoms with van der Waals surface area (Å²) in [5.41, 5.74) is 5.60. The number of amides is 3. The molecule has 2 aromatic heterocycles. The first-order chi connectivity index (χ1) is 19.6. The van der Waals surface area contributed by atoms with E-state index in [1.165, 1.54) is 6.42 Å². The van der Waals surface area contributed by atoms with Crippen molar-refractivity contribution in [2.24, 2.45) is 10.9 Å². The largest absolute Gasteiger partial charge is 0.347 e. The lowest BCUT2D eigenvalue weighted by molar-refractivity contribution is -0.120. The van der Waals surface area contributed by atoms with Gasteiger partial charge in [0, 0.05) is 28.9 Å². The van der Waals surface area contributed by atoms with Gasteiger partial charge >= 0.3 is 6.03 Å². The number of anilines is 2. The van der Waals surface area contributed by atoms with Crippen LogP contribution in [0.2, 0.25) is 0 Å². The molecule has 1 fully saturated rings. The van der Waals surface area contributed by atoms with Crippen molar-refractivity contribution in [3.63, 3.8) is 0 Å². The number of para-hydroxylation sites is 1. The van der Waals surface area contributed by atoms with Crippen molar-refractivity contribution in [1.29, 1.82) is 0 Å². The van der Waals surface area contributed by atoms with Crippen LogP contribution in [0.1, 0.15) is 48.9 Å². The summed E-state index contributed by atoms with van der Waals surface area (Å²) in [4.78, 5) is 41.3. The Bertz CT molecular complexity index is 1520. The zero-order chi connectivity index (χ0) is 27.5. The third-order valence-electron chi connectivity index (χ3n) is 7.42. The Balaban J connectivity index is 1.33. The SMILES string of the molecule is Cc1cccc2c1N(Cc1cnc[nH]1)C(=O)C(NC(=O)Nc1cccc(-c3nn[nH]n3)c1)N=C2C1CCCCC1. The molecule has 2 aliphatic rings. The average Bonchev–Trinajstić information content (AvgIpc) is 3.68. The van der Waals surface area contributed by atoms with Crippen LogP contribution in [0.15, 0.2) is 60.0 Å². The molecule has 3 heterocycles. The highest BCUT2D eigenvalue weighted by Gasteiger charge is 2.36. The van der Waals surface area contributed by atoms with Gasteiger partial charge in [0.2, 0.25) is 12.0 Å². The van der Waals surface area contributed by atoms with Crippen molar-refractivity contribution in [2.45, 2.75) is 51.7 Å². The third kappa shape index (κ3) is 5.20. The zero-order valence-corrected chi connectivity index (χ0v) is 22.1. The van der Waals surface area contributed by atoms with E-state index in [-0.39, 0.29) is 18.4 Å². The summed E-state index contributed by atoms with van der Waals surface area (Å²) in [6.07, 6.45) is 7.62. The van der Waals surface area contributed by atoms with Gasteiger partial charge in [0.15, 0.2) is 0 Å². The van der Waals surface area contributed by atoms with Gasteiger partial charge in [-0.1, -0.05) is 49.6 Å². The predicted octanol–water partition coefficient (Wildman–Crippen LogP) is 3.96. The van der Waals surface area contributed by atoms with Crippen LogP contribution in [-0.2, 0) is 11.3 Å². The van der Waals surface area contributed by atoms with E-state index in [9.17, 15) is 9.59 Å². The summed E-state index contributed by atoms with van der Waals surface area (Å²) >= 11 is 0. The Hall–Kier alpha value is -4.87. The van der Waals surface area contributed by atoms with Crippen molar-refractivity contribution >= 4 is 29.0 Å². The second-order valence-corrected chi connectivity index (χ2v) is 10.1. The monoisotopic (exact) mass is 538 g/mol. The Morgan fingerprint density at radius 1 is 1.12 bits per heavy atom. The summed E-state index contributed by atoms with van der Waals surface area (Å²) in [5, 5.41) is 19.7. The number of nitrogens with one attached hydrogen (secondary N) is 4. The number of carbonyl (C=O) groups excluding carboxylic acids is 2. The van der Waals surface area contributed by atoms with Gasteiger partial charge in [-0.05, 0) is 42.7 Å². The second-order valence-electron chi connectivity index (χ2n) is 10.1. The van der Waals surface area contributed by atoms with Crippen LogP contribution in [0.5, 0.6) is 0 Å². The number of fused-ring (bicyclic) bond motifs is 1. The van der Waals surface area contributed by atoms with Crippen LogP contribution in [0.25, 0.3) is 11.4 Å². The highest BCUT2D eigenvalue weighted by molar-refractivity contribution is 6.14. The first-order valence-electron chi connectivity index (χ1n) is 13.4. The lowest BCUT2D eigenvalue weighted by Gasteiger charge is -2.27. The average molecular weight is 539 g/mol. The van der Waals surface area contributed by atoms with E-state index in [0.717, 1.165) is 53.9 Å². The van der Waals surface area contributed by atoms with E-state index in [4.69, 9.17) is 4.99 Å². The van der Waals surface area contributed by atoms with Crippen LogP contribution in [-0.4, -0.2) is 54.4 Å². The van der Waals surface area contributed by atoms with E-state index in [2.05, 4.69) is 41.2 Å². The molecule has 40 heavy (non-hydrogen) atoms. The molecule has 1 atom stereocenters. The Morgan fingerprint density at radius 2 is 1.98 bits per heavy atom. The van der Waals surface area contributed by atoms with Crippen molar-refractivity contribution < 1.29 is 9.59 Å². The Labute approximate surface area is 230 Å². The number of hydrogen-bond acceptors (Lipinski definition) is 7. The number of aromatic nitrogens is 6. The van der Waals surface area contributed by atoms with Crippen LogP contribution in [0, 0.1) is 12.8 Å². The van der Waals surface area contributed by atoms with Gasteiger partial charge in [0.25, 0.3) is 5.91 Å². The fourth-order valence-electron chi connectivity index (χ4n) is 5.55. The molecular weight excluding hydrogens is 508 g/mol. The summed E-state index contributed by atoms with van der Waals surface area (Å²) < 4.78 is 0. The van der Waals surface area contributed by atoms with E-state index < -0.39 is 12.2 Å². The molecular formula is C28H30N10O2. The molecule has 1 saturated carbocycles. The molecule has 4 aromatic rings. The fraction of sp³-hybridized carbons (Fsp3) is 0.321. The molecule has 0 radical (unpaired) electrons. The van der Waals surface area contributed by atoms with Gasteiger partial charge in [-0.25, -0.2) is 9.78 Å². The van der Waals surface area contributed by atoms with Crippen molar-refractivity contribution in [2.75, 3.05) is 10.2 Å². The topological polar surface area (TPSA) is 157 Å². The number of benzodiazepines with no additional fused rings is 1. The number of aliphatic imine (C=N–C) groups is 1. The highest BCUT2D eigenvalue weighted by Crippen LogP contribution is 2.36. The number of benzene rings is 2. The number of nitrogens with zero attached hydrogens (tertiary/aromatic N) is 6. The molecule has 204 valence electrons. The second kappa shape index (κ2) is 11.1. The van der Waals surface area contributed by atoms with Crippen molar-refractivity contribution in [1.82, 2.24) is 35.9 Å². The van der Waals surface area contributed by atoms with Gasteiger partial charge < -0.3 is 20.5 Å². The quantitative estimate of drug-likeness (QED) is 0.291. The smallest absolute Gasteiger partial charge is 0.321 e. The molecule has 1 aliphatic heterocycles. The van der Waals surface area contributed by atoms with Gasteiger partial charge in [-0.15, -0.1) is 10.2 Å². The highest BCUT2D eigenvalue weighted by atomic mass is 16.2. The van der Waals surface area contributed by atoms with E-state index in [1.54, 1.807) is 35.6 Å². The number of aryl methyl sites for hydroxylation is 1. The Kier molecular flexibility index (Phi) is 7.04. The minimum absolute atomic E-state index is 0.216. The lowest BCUT2D eigenvalue weighted by Crippen LogP contribution is -2.48. The van der Waals surface area contributed by atoms with E-state index >= 15 is 0 Å². The molecule has 2 aromatic carbocycles. The van der Waals surface area contributed by atoms with E-state index in [0.29, 0.717) is 17.1 Å². The molecule has 4 N–H and O–H groups in total. The lowest BCUT2D eigenvalue weighted by atomic mass is 9.82. The minimum atomic E-state index is -1.10. The molecule has 3 amide bonds. The number of hydrogen-bond donors (Lipinski definition) is 4. The maximum atomic E-state index is 14.1. The maximum absolute atomic E-state index is 14.1. The van der Waals surface area contributed by atoms with Crippen LogP contribution in [0.3, 0.4) is 0 Å². The molecule has 0 spiro atoms. The number of urea groups is 1. The number of aromatic amines is 2. The molecule has 6 rings (SSSR count). The summed E-state index contributed by atoms with van der Waals surface area (Å²) in [6, 6.07) is 12.6. The van der Waals surface area contributed by atoms with Gasteiger partial charge in [-0.2, -0.15) is 5.21 Å². The zero-order valence-electron chi connectivity index (χ0n) is 22.1. The molecule has 12 nitrogen and oxygen atoms in total. The molecule has 1 aliphatic carbocycles. The Morgan fingerprint density at radius 3 is 2.75 bits per heavy atom. The standard InChI is InChI=1S/C28H30N10O2/c1-17-7-5-12-22-23(18-8-3-2-4-9-18)32-26(27(39)38(24(17)22)15-21-14-29-16-30-21)33-28(40)31-20-11-6-10-19(13-20)25-34-36-37-35-25/h5-7,10-14,16,18,26H,2-4,8-9,15H2,1H3,(H,29,30)(H2,31,33,40)(H,34,35,36,37). The van der Waals surface area contributed by atoms with Crippen LogP contribution in [0.4, 0.5) is 16.2 Å². The van der Waals surface area contributed by atoms with Crippen molar-refractivity contribution in [3.05, 3.63) is 71.8 Å². The molecule has 12 heteroatoms.